The van der Waals surface area contributed by atoms with Gasteiger partial charge in [0.15, 0.2) is 0 Å². The van der Waals surface area contributed by atoms with Crippen LogP contribution in [-0.4, -0.2) is 43.4 Å². The van der Waals surface area contributed by atoms with Crippen molar-refractivity contribution in [3.8, 4) is 0 Å². The van der Waals surface area contributed by atoms with Crippen LogP contribution in [0.3, 0.4) is 0 Å². The minimum Gasteiger partial charge on any atom is -0.396 e. The fourth-order valence-electron chi connectivity index (χ4n) is 2.70. The molecular formula is C15H22ClNO2. The molecule has 1 aliphatic heterocycles. The predicted octanol–water partition coefficient (Wildman–Crippen LogP) is 2.56. The lowest BCUT2D eigenvalue weighted by Crippen LogP contribution is -2.42. The Balaban J connectivity index is 1.92. The highest BCUT2D eigenvalue weighted by Crippen LogP contribution is 2.31. The van der Waals surface area contributed by atoms with Gasteiger partial charge in [0.2, 0.25) is 0 Å². The third-order valence-corrected chi connectivity index (χ3v) is 4.11. The summed E-state index contributed by atoms with van der Waals surface area (Å²) in [6.45, 7) is 3.53. The second-order valence-corrected chi connectivity index (χ2v) is 6.01. The molecule has 0 aromatic heterocycles. The average molecular weight is 284 g/mol. The monoisotopic (exact) mass is 283 g/mol. The van der Waals surface area contributed by atoms with Crippen LogP contribution >= 0.6 is 11.6 Å². The van der Waals surface area contributed by atoms with Gasteiger partial charge in [-0.1, -0.05) is 23.7 Å². The van der Waals surface area contributed by atoms with E-state index in [1.54, 1.807) is 0 Å². The number of nitrogens with zero attached hydrogens (tertiary/aromatic N) is 1. The van der Waals surface area contributed by atoms with Crippen molar-refractivity contribution in [2.24, 2.45) is 5.41 Å². The zero-order valence-electron chi connectivity index (χ0n) is 11.4. The molecule has 4 heteroatoms. The maximum atomic E-state index is 9.69. The number of hydrogen-bond donors (Lipinski definition) is 1. The lowest BCUT2D eigenvalue weighted by molar-refractivity contribution is -0.0318. The first-order chi connectivity index (χ1) is 9.13. The van der Waals surface area contributed by atoms with Crippen molar-refractivity contribution in [1.82, 2.24) is 4.90 Å². The largest absolute Gasteiger partial charge is 0.396 e. The van der Waals surface area contributed by atoms with Gasteiger partial charge in [0.05, 0.1) is 6.61 Å². The van der Waals surface area contributed by atoms with E-state index in [9.17, 15) is 5.11 Å². The summed E-state index contributed by atoms with van der Waals surface area (Å²) in [6.07, 6.45) is 1.88. The normalized spacial score (nSPS) is 18.7. The maximum absolute atomic E-state index is 9.69. The zero-order valence-corrected chi connectivity index (χ0v) is 12.2. The highest BCUT2D eigenvalue weighted by molar-refractivity contribution is 6.30. The standard InChI is InChI=1S/C15H22ClNO2/c1-17(10-13-2-4-14(16)5-3-13)11-15(12-18)6-8-19-9-7-15/h2-5,18H,6-12H2,1H3. The van der Waals surface area contributed by atoms with E-state index in [0.29, 0.717) is 0 Å². The molecule has 1 aliphatic rings. The summed E-state index contributed by atoms with van der Waals surface area (Å²) in [5.41, 5.74) is 1.24. The molecule has 0 aliphatic carbocycles. The summed E-state index contributed by atoms with van der Waals surface area (Å²) in [5.74, 6) is 0. The van der Waals surface area contributed by atoms with Gasteiger partial charge in [0.25, 0.3) is 0 Å². The highest BCUT2D eigenvalue weighted by atomic mass is 35.5. The third-order valence-electron chi connectivity index (χ3n) is 3.86. The van der Waals surface area contributed by atoms with Gasteiger partial charge in [-0.25, -0.2) is 0 Å². The van der Waals surface area contributed by atoms with Crippen LogP contribution in [0.1, 0.15) is 18.4 Å². The predicted molar refractivity (Wildman–Crippen MR) is 77.4 cm³/mol. The SMILES string of the molecule is CN(Cc1ccc(Cl)cc1)CC1(CO)CCOCC1. The Bertz CT molecular complexity index is 388. The molecule has 0 radical (unpaired) electrons. The van der Waals surface area contributed by atoms with Crippen LogP contribution in [0, 0.1) is 5.41 Å². The number of aliphatic hydroxyl groups is 1. The van der Waals surface area contributed by atoms with E-state index >= 15 is 0 Å². The van der Waals surface area contributed by atoms with E-state index in [2.05, 4.69) is 24.1 Å². The molecule has 0 amide bonds. The molecule has 19 heavy (non-hydrogen) atoms. The van der Waals surface area contributed by atoms with E-state index in [-0.39, 0.29) is 12.0 Å². The van der Waals surface area contributed by atoms with Crippen LogP contribution in [0.15, 0.2) is 24.3 Å². The van der Waals surface area contributed by atoms with E-state index in [1.165, 1.54) is 5.56 Å². The molecule has 2 rings (SSSR count). The Hall–Kier alpha value is -0.610. The lowest BCUT2D eigenvalue weighted by Gasteiger charge is -2.38. The first-order valence-electron chi connectivity index (χ1n) is 6.75. The van der Waals surface area contributed by atoms with Crippen LogP contribution < -0.4 is 0 Å². The van der Waals surface area contributed by atoms with Crippen molar-refractivity contribution in [3.05, 3.63) is 34.9 Å². The number of aliphatic hydroxyl groups excluding tert-OH is 1. The molecule has 1 N–H and O–H groups in total. The molecule has 0 saturated carbocycles. The molecule has 1 aromatic carbocycles. The molecule has 0 atom stereocenters. The minimum absolute atomic E-state index is 0.000570. The fraction of sp³-hybridized carbons (Fsp3) is 0.600. The van der Waals surface area contributed by atoms with E-state index in [1.807, 2.05) is 12.1 Å². The first kappa shape index (κ1) is 14.8. The topological polar surface area (TPSA) is 32.7 Å². The summed E-state index contributed by atoms with van der Waals surface area (Å²) in [4.78, 5) is 2.27. The Morgan fingerprint density at radius 2 is 1.89 bits per heavy atom. The van der Waals surface area contributed by atoms with Crippen LogP contribution in [0.4, 0.5) is 0 Å². The molecule has 1 heterocycles. The van der Waals surface area contributed by atoms with Crippen molar-refractivity contribution in [2.45, 2.75) is 19.4 Å². The molecule has 3 nitrogen and oxygen atoms in total. The summed E-state index contributed by atoms with van der Waals surface area (Å²) >= 11 is 5.89. The smallest absolute Gasteiger partial charge is 0.0501 e. The van der Waals surface area contributed by atoms with Crippen molar-refractivity contribution in [2.75, 3.05) is 33.4 Å². The van der Waals surface area contributed by atoms with Crippen LogP contribution in [-0.2, 0) is 11.3 Å². The highest BCUT2D eigenvalue weighted by Gasteiger charge is 2.33. The zero-order chi connectivity index (χ0) is 13.7. The van der Waals surface area contributed by atoms with Crippen LogP contribution in [0.2, 0.25) is 5.02 Å². The Morgan fingerprint density at radius 3 is 2.47 bits per heavy atom. The first-order valence-corrected chi connectivity index (χ1v) is 7.13. The lowest BCUT2D eigenvalue weighted by atomic mass is 9.80. The molecule has 1 aromatic rings. The van der Waals surface area contributed by atoms with Gasteiger partial charge in [-0.15, -0.1) is 0 Å². The quantitative estimate of drug-likeness (QED) is 0.901. The maximum Gasteiger partial charge on any atom is 0.0501 e. The number of hydrogen-bond acceptors (Lipinski definition) is 3. The van der Waals surface area contributed by atoms with Crippen molar-refractivity contribution >= 4 is 11.6 Å². The van der Waals surface area contributed by atoms with E-state index < -0.39 is 0 Å². The van der Waals surface area contributed by atoms with Crippen LogP contribution in [0.25, 0.3) is 0 Å². The van der Waals surface area contributed by atoms with Gasteiger partial charge in [-0.05, 0) is 37.6 Å². The van der Waals surface area contributed by atoms with E-state index in [0.717, 1.165) is 44.2 Å². The fourth-order valence-corrected chi connectivity index (χ4v) is 2.83. The van der Waals surface area contributed by atoms with Crippen molar-refractivity contribution in [1.29, 1.82) is 0 Å². The third kappa shape index (κ3) is 4.18. The summed E-state index contributed by atoms with van der Waals surface area (Å²) < 4.78 is 5.40. The van der Waals surface area contributed by atoms with Gasteiger partial charge in [0.1, 0.15) is 0 Å². The van der Waals surface area contributed by atoms with E-state index in [4.69, 9.17) is 16.3 Å². The summed E-state index contributed by atoms with van der Waals surface area (Å²) in [7, 11) is 2.10. The van der Waals surface area contributed by atoms with Gasteiger partial charge < -0.3 is 14.7 Å². The molecule has 0 spiro atoms. The average Bonchev–Trinajstić information content (AvgIpc) is 2.42. The van der Waals surface area contributed by atoms with Gasteiger partial charge >= 0.3 is 0 Å². The minimum atomic E-state index is -0.000570. The number of benzene rings is 1. The Labute approximate surface area is 120 Å². The Morgan fingerprint density at radius 1 is 1.26 bits per heavy atom. The summed E-state index contributed by atoms with van der Waals surface area (Å²) in [6, 6.07) is 7.94. The second-order valence-electron chi connectivity index (χ2n) is 5.57. The van der Waals surface area contributed by atoms with Gasteiger partial charge in [-0.2, -0.15) is 0 Å². The number of halogens is 1. The molecule has 1 fully saturated rings. The molecule has 0 bridgehead atoms. The Kier molecular flexibility index (Phi) is 5.22. The molecule has 106 valence electrons. The summed E-state index contributed by atoms with van der Waals surface area (Å²) in [5, 5.41) is 10.5. The van der Waals surface area contributed by atoms with Crippen molar-refractivity contribution in [3.63, 3.8) is 0 Å². The molecule has 1 saturated heterocycles. The van der Waals surface area contributed by atoms with Gasteiger partial charge in [-0.3, -0.25) is 0 Å². The molecular weight excluding hydrogens is 262 g/mol. The second kappa shape index (κ2) is 6.71. The van der Waals surface area contributed by atoms with Crippen LogP contribution in [0.5, 0.6) is 0 Å². The van der Waals surface area contributed by atoms with Gasteiger partial charge in [0, 0.05) is 36.7 Å². The van der Waals surface area contributed by atoms with Crippen molar-refractivity contribution < 1.29 is 9.84 Å². The molecule has 0 unspecified atom stereocenters. The number of rotatable bonds is 5. The number of ether oxygens (including phenoxy) is 1.